The summed E-state index contributed by atoms with van der Waals surface area (Å²) in [6, 6.07) is 12.0. The zero-order valence-electron chi connectivity index (χ0n) is 17.2. The van der Waals surface area contributed by atoms with E-state index < -0.39 is 19.2 Å². The average molecular weight is 493 g/mol. The van der Waals surface area contributed by atoms with Crippen molar-refractivity contribution in [1.29, 1.82) is 0 Å². The van der Waals surface area contributed by atoms with E-state index in [-0.39, 0.29) is 36.1 Å². The number of benzene rings is 2. The molecule has 8 nitrogen and oxygen atoms in total. The van der Waals surface area contributed by atoms with E-state index in [1.165, 1.54) is 41.3 Å². The number of esters is 1. The van der Waals surface area contributed by atoms with E-state index in [9.17, 15) is 22.4 Å². The van der Waals surface area contributed by atoms with Crippen LogP contribution in [0.3, 0.4) is 0 Å². The summed E-state index contributed by atoms with van der Waals surface area (Å²) in [6.45, 7) is -3.73. The molecular formula is C20H21ClF4N4O4. The third kappa shape index (κ3) is 9.25. The molecule has 2 aromatic carbocycles. The van der Waals surface area contributed by atoms with Crippen LogP contribution in [0.15, 0.2) is 60.9 Å². The molecule has 1 aromatic heterocycles. The summed E-state index contributed by atoms with van der Waals surface area (Å²) in [4.78, 5) is 11.5. The van der Waals surface area contributed by atoms with Gasteiger partial charge in [-0.1, -0.05) is 12.1 Å². The van der Waals surface area contributed by atoms with Gasteiger partial charge in [0.2, 0.25) is 0 Å². The second-order valence-corrected chi connectivity index (χ2v) is 5.82. The number of nitrogens with two attached hydrogens (primary N) is 1. The fourth-order valence-corrected chi connectivity index (χ4v) is 2.35. The van der Waals surface area contributed by atoms with Gasteiger partial charge in [-0.25, -0.2) is 9.48 Å². The Morgan fingerprint density at radius 3 is 2.24 bits per heavy atom. The Morgan fingerprint density at radius 1 is 1.06 bits per heavy atom. The third-order valence-electron chi connectivity index (χ3n) is 3.63. The highest BCUT2D eigenvalue weighted by atomic mass is 35.5. The molecule has 1 heterocycles. The number of rotatable bonds is 8. The van der Waals surface area contributed by atoms with Crippen LogP contribution in [0.4, 0.5) is 23.2 Å². The largest absolute Gasteiger partial charge is 0.462 e. The second-order valence-electron chi connectivity index (χ2n) is 5.82. The zero-order valence-corrected chi connectivity index (χ0v) is 18.0. The predicted molar refractivity (Wildman–Crippen MR) is 114 cm³/mol. The number of hydrogen-bond donors (Lipinski definition) is 2. The van der Waals surface area contributed by atoms with Crippen molar-refractivity contribution in [2.75, 3.05) is 12.0 Å². The van der Waals surface area contributed by atoms with Gasteiger partial charge in [-0.15, -0.1) is 12.4 Å². The fraction of sp³-hybridized carbons (Fsp3) is 0.200. The maximum atomic E-state index is 12.1. The molecule has 0 amide bonds. The van der Waals surface area contributed by atoms with E-state index in [0.29, 0.717) is 11.4 Å². The standard InChI is InChI=1S/C13H12F2N2O3.C7H8F2N2O.ClH/c1-2-19-12(18)9-7-16-17(8-9)10-4-3-5-11(6-10)20-13(14)15;8-7(9)12-6-3-1-2-5(4-6)11-10;/h3-8,13H,2H2,1H3;1-4,7,11H,10H2;1H. The lowest BCUT2D eigenvalue weighted by Gasteiger charge is -2.06. The Bertz CT molecular complexity index is 1010. The van der Waals surface area contributed by atoms with Crippen molar-refractivity contribution in [2.24, 2.45) is 5.84 Å². The molecule has 0 saturated carbocycles. The van der Waals surface area contributed by atoms with Crippen molar-refractivity contribution in [1.82, 2.24) is 9.78 Å². The molecular weight excluding hydrogens is 472 g/mol. The van der Waals surface area contributed by atoms with Crippen LogP contribution in [0.25, 0.3) is 5.69 Å². The lowest BCUT2D eigenvalue weighted by Crippen LogP contribution is -2.07. The summed E-state index contributed by atoms with van der Waals surface area (Å²) in [5, 5.41) is 3.98. The normalized spacial score (nSPS) is 10.1. The molecule has 3 rings (SSSR count). The molecule has 13 heteroatoms. The van der Waals surface area contributed by atoms with Gasteiger partial charge in [0.15, 0.2) is 0 Å². The van der Waals surface area contributed by atoms with Gasteiger partial charge in [-0.05, 0) is 31.2 Å². The molecule has 0 atom stereocenters. The van der Waals surface area contributed by atoms with Crippen LogP contribution >= 0.6 is 12.4 Å². The minimum absolute atomic E-state index is 0. The molecule has 180 valence electrons. The highest BCUT2D eigenvalue weighted by molar-refractivity contribution is 5.88. The van der Waals surface area contributed by atoms with E-state index >= 15 is 0 Å². The molecule has 3 aromatic rings. The Hall–Kier alpha value is -3.51. The van der Waals surface area contributed by atoms with Crippen LogP contribution in [-0.2, 0) is 4.74 Å². The van der Waals surface area contributed by atoms with Gasteiger partial charge in [0, 0.05) is 18.3 Å². The first-order valence-electron chi connectivity index (χ1n) is 9.11. The van der Waals surface area contributed by atoms with E-state index in [2.05, 4.69) is 20.0 Å². The topological polar surface area (TPSA) is 101 Å². The van der Waals surface area contributed by atoms with Crippen molar-refractivity contribution >= 4 is 24.1 Å². The minimum atomic E-state index is -2.89. The summed E-state index contributed by atoms with van der Waals surface area (Å²) in [7, 11) is 0. The quantitative estimate of drug-likeness (QED) is 0.204. The van der Waals surface area contributed by atoms with Gasteiger partial charge in [0.1, 0.15) is 11.5 Å². The van der Waals surface area contributed by atoms with Gasteiger partial charge in [0.25, 0.3) is 0 Å². The summed E-state index contributed by atoms with van der Waals surface area (Å²) in [6.07, 6.45) is 2.80. The van der Waals surface area contributed by atoms with Crippen LogP contribution in [0.2, 0.25) is 0 Å². The average Bonchev–Trinajstić information content (AvgIpc) is 3.24. The number of ether oxygens (including phenoxy) is 3. The number of anilines is 1. The summed E-state index contributed by atoms with van der Waals surface area (Å²) < 4.78 is 62.3. The van der Waals surface area contributed by atoms with E-state index in [1.54, 1.807) is 31.2 Å². The number of carbonyl (C=O) groups is 1. The summed E-state index contributed by atoms with van der Waals surface area (Å²) >= 11 is 0. The molecule has 0 saturated heterocycles. The lowest BCUT2D eigenvalue weighted by molar-refractivity contribution is -0.0505. The van der Waals surface area contributed by atoms with Gasteiger partial charge >= 0.3 is 19.2 Å². The minimum Gasteiger partial charge on any atom is -0.462 e. The highest BCUT2D eigenvalue weighted by Gasteiger charge is 2.11. The Balaban J connectivity index is 0.000000361. The second kappa shape index (κ2) is 13.8. The van der Waals surface area contributed by atoms with Gasteiger partial charge in [-0.2, -0.15) is 22.7 Å². The monoisotopic (exact) mass is 492 g/mol. The number of nitrogens with one attached hydrogen (secondary N) is 1. The highest BCUT2D eigenvalue weighted by Crippen LogP contribution is 2.19. The van der Waals surface area contributed by atoms with Crippen LogP contribution < -0.4 is 20.7 Å². The van der Waals surface area contributed by atoms with E-state index in [0.717, 1.165) is 0 Å². The lowest BCUT2D eigenvalue weighted by atomic mass is 10.3. The number of hydrogen-bond acceptors (Lipinski definition) is 7. The number of halogens is 5. The molecule has 0 radical (unpaired) electrons. The number of nitrogens with zero attached hydrogens (tertiary/aromatic N) is 2. The maximum absolute atomic E-state index is 12.1. The molecule has 3 N–H and O–H groups in total. The SMILES string of the molecule is CCOC(=O)c1cnn(-c2cccc(OC(F)F)c2)c1.Cl.NNc1cccc(OC(F)F)c1. The van der Waals surface area contributed by atoms with Crippen LogP contribution in [0.5, 0.6) is 11.5 Å². The third-order valence-corrected chi connectivity index (χ3v) is 3.63. The number of nitrogen functional groups attached to an aromatic ring is 1. The predicted octanol–water partition coefficient (Wildman–Crippen LogP) is 4.65. The molecule has 0 spiro atoms. The Morgan fingerprint density at radius 2 is 1.67 bits per heavy atom. The first-order chi connectivity index (χ1) is 15.3. The maximum Gasteiger partial charge on any atom is 0.387 e. The van der Waals surface area contributed by atoms with Gasteiger partial charge in [0.05, 0.1) is 29.7 Å². The van der Waals surface area contributed by atoms with Gasteiger partial charge < -0.3 is 19.6 Å². The van der Waals surface area contributed by atoms with Crippen molar-refractivity contribution < 1.29 is 36.6 Å². The van der Waals surface area contributed by atoms with E-state index in [4.69, 9.17) is 10.6 Å². The number of carbonyl (C=O) groups excluding carboxylic acids is 1. The number of aromatic nitrogens is 2. The molecule has 0 aliphatic rings. The number of alkyl halides is 4. The van der Waals surface area contributed by atoms with Crippen LogP contribution in [-0.4, -0.2) is 35.6 Å². The Labute approximate surface area is 192 Å². The van der Waals surface area contributed by atoms with Crippen molar-refractivity contribution in [2.45, 2.75) is 20.1 Å². The molecule has 0 aliphatic carbocycles. The molecule has 0 bridgehead atoms. The van der Waals surface area contributed by atoms with Crippen molar-refractivity contribution in [3.8, 4) is 17.2 Å². The van der Waals surface area contributed by atoms with Gasteiger partial charge in [-0.3, -0.25) is 5.84 Å². The summed E-state index contributed by atoms with van der Waals surface area (Å²) in [5.41, 5.74) is 3.62. The Kier molecular flexibility index (Phi) is 11.5. The molecule has 0 unspecified atom stereocenters. The summed E-state index contributed by atoms with van der Waals surface area (Å²) in [5.74, 6) is 4.67. The fourth-order valence-electron chi connectivity index (χ4n) is 2.35. The first-order valence-corrected chi connectivity index (χ1v) is 9.11. The molecule has 0 fully saturated rings. The molecule has 0 aliphatic heterocycles. The van der Waals surface area contributed by atoms with Crippen molar-refractivity contribution in [3.63, 3.8) is 0 Å². The van der Waals surface area contributed by atoms with E-state index in [1.807, 2.05) is 0 Å². The number of hydrazine groups is 1. The zero-order chi connectivity index (χ0) is 23.5. The van der Waals surface area contributed by atoms with Crippen LogP contribution in [0, 0.1) is 0 Å². The smallest absolute Gasteiger partial charge is 0.387 e. The first kappa shape index (κ1) is 27.5. The molecule has 33 heavy (non-hydrogen) atoms. The van der Waals surface area contributed by atoms with Crippen LogP contribution in [0.1, 0.15) is 17.3 Å². The van der Waals surface area contributed by atoms with Crippen molar-refractivity contribution in [3.05, 3.63) is 66.5 Å².